The minimum Gasteiger partial charge on any atom is -0.672 e. The van der Waals surface area contributed by atoms with E-state index in [1.165, 1.54) is 0 Å². The first-order chi connectivity index (χ1) is 7.09. The fourth-order valence-corrected chi connectivity index (χ4v) is 2.26. The van der Waals surface area contributed by atoms with Crippen molar-refractivity contribution in [3.63, 3.8) is 0 Å². The SMILES string of the molecule is C[N+](C)=CC[B-]1(I)Oc2ccccc2O1. The second-order valence-electron chi connectivity index (χ2n) is 3.83. The van der Waals surface area contributed by atoms with E-state index in [9.17, 15) is 0 Å². The van der Waals surface area contributed by atoms with E-state index in [1.807, 2.05) is 42.9 Å². The van der Waals surface area contributed by atoms with Crippen molar-refractivity contribution in [2.24, 2.45) is 0 Å². The molecule has 0 aliphatic carbocycles. The molecule has 0 aromatic heterocycles. The molecule has 5 heteroatoms. The third kappa shape index (κ3) is 2.45. The summed E-state index contributed by atoms with van der Waals surface area (Å²) in [5.41, 5.74) is 0. The Morgan fingerprint density at radius 3 is 2.27 bits per heavy atom. The van der Waals surface area contributed by atoms with Crippen molar-refractivity contribution in [3.8, 4) is 11.5 Å². The van der Waals surface area contributed by atoms with Crippen LogP contribution in [-0.4, -0.2) is 29.3 Å². The predicted molar refractivity (Wildman–Crippen MR) is 70.5 cm³/mol. The lowest BCUT2D eigenvalue weighted by Crippen LogP contribution is -2.38. The Labute approximate surface area is 103 Å². The highest BCUT2D eigenvalue weighted by Crippen LogP contribution is 2.40. The highest BCUT2D eigenvalue weighted by molar-refractivity contribution is 14.1. The Balaban J connectivity index is 2.14. The van der Waals surface area contributed by atoms with Crippen LogP contribution in [0, 0.1) is 0 Å². The number of rotatable bonds is 2. The summed E-state index contributed by atoms with van der Waals surface area (Å²) in [6, 6.07) is 7.78. The van der Waals surface area contributed by atoms with Crippen LogP contribution in [-0.2, 0) is 0 Å². The van der Waals surface area contributed by atoms with Crippen LogP contribution < -0.4 is 9.31 Å². The third-order valence-electron chi connectivity index (χ3n) is 2.21. The molecule has 80 valence electrons. The van der Waals surface area contributed by atoms with Crippen LogP contribution in [0.15, 0.2) is 24.3 Å². The van der Waals surface area contributed by atoms with Crippen molar-refractivity contribution < 1.29 is 13.9 Å². The van der Waals surface area contributed by atoms with E-state index in [4.69, 9.17) is 9.31 Å². The van der Waals surface area contributed by atoms with Gasteiger partial charge in [-0.3, -0.25) is 0 Å². The highest BCUT2D eigenvalue weighted by atomic mass is 127. The summed E-state index contributed by atoms with van der Waals surface area (Å²) in [6.07, 6.45) is 2.85. The summed E-state index contributed by atoms with van der Waals surface area (Å²) in [6.45, 7) is 0. The monoisotopic (exact) mass is 317 g/mol. The summed E-state index contributed by atoms with van der Waals surface area (Å²) in [7, 11) is 4.00. The van der Waals surface area contributed by atoms with Crippen LogP contribution >= 0.6 is 22.4 Å². The molecule has 1 heterocycles. The van der Waals surface area contributed by atoms with Gasteiger partial charge in [-0.05, 0) is 18.5 Å². The average Bonchev–Trinajstić information content (AvgIpc) is 2.52. The largest absolute Gasteiger partial charge is 0.672 e. The maximum absolute atomic E-state index is 5.81. The lowest BCUT2D eigenvalue weighted by Gasteiger charge is -2.26. The number of hydrogen-bond donors (Lipinski definition) is 0. The number of halogens is 1. The van der Waals surface area contributed by atoms with E-state index in [2.05, 4.69) is 28.6 Å². The van der Waals surface area contributed by atoms with Crippen LogP contribution in [0.25, 0.3) is 0 Å². The molecular weight excluding hydrogens is 304 g/mol. The second-order valence-corrected chi connectivity index (χ2v) is 5.72. The number of fused-ring (bicyclic) bond motifs is 1. The summed E-state index contributed by atoms with van der Waals surface area (Å²) in [5, 5.41) is 0. The van der Waals surface area contributed by atoms with Gasteiger partial charge < -0.3 is 9.31 Å². The lowest BCUT2D eigenvalue weighted by atomic mass is 9.85. The molecule has 15 heavy (non-hydrogen) atoms. The van der Waals surface area contributed by atoms with Crippen molar-refractivity contribution in [3.05, 3.63) is 24.3 Å². The average molecular weight is 317 g/mol. The molecular formula is C10H13BINO2. The molecule has 0 atom stereocenters. The Bertz CT molecular complexity index is 379. The van der Waals surface area contributed by atoms with Crippen molar-refractivity contribution in [1.82, 2.24) is 0 Å². The van der Waals surface area contributed by atoms with Crippen molar-refractivity contribution in [2.75, 3.05) is 14.1 Å². The summed E-state index contributed by atoms with van der Waals surface area (Å²) in [4.78, 5) is 0. The van der Waals surface area contributed by atoms with Gasteiger partial charge in [0.05, 0.1) is 0 Å². The van der Waals surface area contributed by atoms with Gasteiger partial charge in [0.2, 0.25) is 0 Å². The van der Waals surface area contributed by atoms with Gasteiger partial charge in [0.1, 0.15) is 31.8 Å². The molecule has 0 radical (unpaired) electrons. The fourth-order valence-electron chi connectivity index (χ4n) is 1.48. The molecule has 0 amide bonds. The van der Waals surface area contributed by atoms with Crippen LogP contribution in [0.2, 0.25) is 6.32 Å². The van der Waals surface area contributed by atoms with Crippen LogP contribution in [0.4, 0.5) is 0 Å². The molecule has 0 unspecified atom stereocenters. The molecule has 0 bridgehead atoms. The van der Waals surface area contributed by atoms with Gasteiger partial charge in [-0.25, -0.2) is 26.9 Å². The molecule has 0 saturated carbocycles. The van der Waals surface area contributed by atoms with Crippen LogP contribution in [0.1, 0.15) is 0 Å². The van der Waals surface area contributed by atoms with Crippen LogP contribution in [0.3, 0.4) is 0 Å². The lowest BCUT2D eigenvalue weighted by molar-refractivity contribution is -0.459. The first kappa shape index (κ1) is 10.8. The van der Waals surface area contributed by atoms with Gasteiger partial charge in [-0.15, -0.1) is 0 Å². The van der Waals surface area contributed by atoms with E-state index < -0.39 is 4.41 Å². The molecule has 1 aliphatic heterocycles. The number of nitrogens with zero attached hydrogens (tertiary/aromatic N) is 1. The quantitative estimate of drug-likeness (QED) is 0.361. The third-order valence-corrected chi connectivity index (χ3v) is 3.22. The molecule has 0 saturated heterocycles. The molecule has 1 aliphatic rings. The first-order valence-electron chi connectivity index (χ1n) is 4.89. The smallest absolute Gasteiger partial charge is 0.417 e. The minimum atomic E-state index is -1.26. The van der Waals surface area contributed by atoms with Gasteiger partial charge in [0.15, 0.2) is 0 Å². The van der Waals surface area contributed by atoms with Crippen LogP contribution in [0.5, 0.6) is 11.5 Å². The number of hydrogen-bond acceptors (Lipinski definition) is 2. The van der Waals surface area contributed by atoms with E-state index in [1.54, 1.807) is 0 Å². The Hall–Kier alpha value is -0.715. The number of benzene rings is 1. The fraction of sp³-hybridized carbons (Fsp3) is 0.300. The van der Waals surface area contributed by atoms with Gasteiger partial charge in [0.25, 0.3) is 0 Å². The second kappa shape index (κ2) is 4.04. The van der Waals surface area contributed by atoms with Gasteiger partial charge >= 0.3 is 4.41 Å². The minimum absolute atomic E-state index is 0.780. The first-order valence-corrected chi connectivity index (χ1v) is 6.14. The Morgan fingerprint density at radius 2 is 1.80 bits per heavy atom. The van der Waals surface area contributed by atoms with Crippen molar-refractivity contribution in [2.45, 2.75) is 6.32 Å². The topological polar surface area (TPSA) is 21.5 Å². The van der Waals surface area contributed by atoms with Crippen molar-refractivity contribution in [1.29, 1.82) is 0 Å². The number of para-hydroxylation sites is 2. The maximum Gasteiger partial charge on any atom is 0.417 e. The normalized spacial score (nSPS) is 16.2. The Morgan fingerprint density at radius 1 is 1.27 bits per heavy atom. The molecule has 1 aromatic carbocycles. The van der Waals surface area contributed by atoms with Gasteiger partial charge in [-0.2, -0.15) is 0 Å². The molecule has 0 spiro atoms. The zero-order valence-electron chi connectivity index (χ0n) is 8.81. The standard InChI is InChI=1S/C10H13BINO2/c1-13(2)8-7-11(12)14-9-5-3-4-6-10(9)15-11/h3-6,8H,7H2,1-2H3. The summed E-state index contributed by atoms with van der Waals surface area (Å²) in [5.74, 6) is 1.69. The molecule has 2 rings (SSSR count). The summed E-state index contributed by atoms with van der Waals surface area (Å²) < 4.78 is 12.4. The highest BCUT2D eigenvalue weighted by Gasteiger charge is 2.34. The predicted octanol–water partition coefficient (Wildman–Crippen LogP) is 2.17. The van der Waals surface area contributed by atoms with E-state index in [0.29, 0.717) is 0 Å². The Kier molecular flexibility index (Phi) is 2.90. The van der Waals surface area contributed by atoms with E-state index in [0.717, 1.165) is 17.8 Å². The van der Waals surface area contributed by atoms with Crippen molar-refractivity contribution >= 4 is 33.0 Å². The molecule has 1 aromatic rings. The van der Waals surface area contributed by atoms with E-state index in [-0.39, 0.29) is 0 Å². The molecule has 3 nitrogen and oxygen atoms in total. The maximum atomic E-state index is 5.81. The molecule has 0 fully saturated rings. The van der Waals surface area contributed by atoms with Gasteiger partial charge in [-0.1, -0.05) is 12.1 Å². The zero-order valence-corrected chi connectivity index (χ0v) is 11.0. The summed E-state index contributed by atoms with van der Waals surface area (Å²) >= 11 is 2.25. The van der Waals surface area contributed by atoms with Gasteiger partial charge in [0, 0.05) is 0 Å². The van der Waals surface area contributed by atoms with E-state index >= 15 is 0 Å². The molecule has 0 N–H and O–H groups in total. The zero-order chi connectivity index (χ0) is 10.9.